The van der Waals surface area contributed by atoms with E-state index in [1.807, 2.05) is 38.1 Å². The van der Waals surface area contributed by atoms with E-state index in [4.69, 9.17) is 14.0 Å². The average molecular weight is 358 g/mol. The van der Waals surface area contributed by atoms with Crippen LogP contribution in [0.2, 0.25) is 0 Å². The molecule has 6 heteroatoms. The van der Waals surface area contributed by atoms with E-state index in [0.717, 1.165) is 12.0 Å². The normalized spacial score (nSPS) is 23.9. The summed E-state index contributed by atoms with van der Waals surface area (Å²) in [6.45, 7) is 4.00. The van der Waals surface area contributed by atoms with E-state index in [1.165, 1.54) is 7.11 Å². The van der Waals surface area contributed by atoms with Crippen molar-refractivity contribution >= 4 is 8.38 Å². The van der Waals surface area contributed by atoms with Crippen LogP contribution in [-0.4, -0.2) is 45.5 Å². The summed E-state index contributed by atoms with van der Waals surface area (Å²) in [6, 6.07) is 10.1. The molecule has 0 radical (unpaired) electrons. The van der Waals surface area contributed by atoms with Crippen LogP contribution >= 0.6 is 8.38 Å². The van der Waals surface area contributed by atoms with Gasteiger partial charge in [0.05, 0.1) is 12.2 Å². The molecule has 1 saturated heterocycles. The van der Waals surface area contributed by atoms with Crippen LogP contribution in [0.15, 0.2) is 42.2 Å². The van der Waals surface area contributed by atoms with Gasteiger partial charge in [-0.25, -0.2) is 0 Å². The summed E-state index contributed by atoms with van der Waals surface area (Å²) in [5, 5.41) is 0. The van der Waals surface area contributed by atoms with Gasteiger partial charge < -0.3 is 23.6 Å². The van der Waals surface area contributed by atoms with Crippen LogP contribution in [-0.2, 0) is 18.7 Å². The first kappa shape index (κ1) is 23.2. The third-order valence-corrected chi connectivity index (χ3v) is 4.00. The molecule has 1 aliphatic heterocycles. The molecule has 0 saturated carbocycles. The van der Waals surface area contributed by atoms with Crippen molar-refractivity contribution in [3.63, 3.8) is 0 Å². The third-order valence-electron chi connectivity index (χ3n) is 3.20. The smallest absolute Gasteiger partial charge is 0.194 e. The number of rotatable bonds is 5. The van der Waals surface area contributed by atoms with Crippen molar-refractivity contribution in [2.45, 2.75) is 38.6 Å². The molecule has 0 spiro atoms. The van der Waals surface area contributed by atoms with Crippen molar-refractivity contribution in [3.8, 4) is 0 Å². The van der Waals surface area contributed by atoms with Gasteiger partial charge in [-0.2, -0.15) is 0 Å². The molecule has 1 aliphatic rings. The van der Waals surface area contributed by atoms with Crippen molar-refractivity contribution < 1.29 is 23.6 Å². The van der Waals surface area contributed by atoms with E-state index >= 15 is 0 Å². The molecule has 1 aromatic rings. The van der Waals surface area contributed by atoms with Gasteiger partial charge in [0.25, 0.3) is 0 Å². The van der Waals surface area contributed by atoms with E-state index in [9.17, 15) is 4.89 Å². The van der Waals surface area contributed by atoms with Gasteiger partial charge in [-0.1, -0.05) is 44.2 Å². The van der Waals surface area contributed by atoms with Gasteiger partial charge in [-0.15, -0.1) is 0 Å². The zero-order valence-corrected chi connectivity index (χ0v) is 16.4. The van der Waals surface area contributed by atoms with Crippen LogP contribution in [0.1, 0.15) is 31.9 Å². The summed E-state index contributed by atoms with van der Waals surface area (Å²) in [7, 11) is 4.91. The van der Waals surface area contributed by atoms with Crippen molar-refractivity contribution in [2.75, 3.05) is 28.4 Å². The van der Waals surface area contributed by atoms with E-state index in [0.29, 0.717) is 0 Å². The Morgan fingerprint density at radius 2 is 1.71 bits per heavy atom. The Labute approximate surface area is 147 Å². The minimum absolute atomic E-state index is 0.00159. The standard InChI is InChI=1S/C14H19O4P.C2H6O.C2H6/c1-16-14-10-13(11-6-4-3-5-7-11)18-12(14)8-9-19(15)17-2;1-3-2;1-2/h3-9,12-15H,10H2,1-2H3;1-2H3;1-2H3/b9-8+;;/t12?,13?,14-,19?;;/m0../s1. The summed E-state index contributed by atoms with van der Waals surface area (Å²) in [4.78, 5) is 9.42. The van der Waals surface area contributed by atoms with Crippen molar-refractivity contribution in [1.29, 1.82) is 0 Å². The molecule has 1 heterocycles. The van der Waals surface area contributed by atoms with Crippen LogP contribution in [0.25, 0.3) is 0 Å². The highest BCUT2D eigenvalue weighted by Gasteiger charge is 2.34. The number of ether oxygens (including phenoxy) is 3. The maximum absolute atomic E-state index is 9.42. The Morgan fingerprint density at radius 3 is 2.21 bits per heavy atom. The van der Waals surface area contributed by atoms with Crippen LogP contribution in [0.3, 0.4) is 0 Å². The molecular formula is C18H31O5P. The molecule has 0 amide bonds. The quantitative estimate of drug-likeness (QED) is 0.796. The minimum Gasteiger partial charge on any atom is -0.388 e. The molecule has 2 rings (SSSR count). The SMILES string of the molecule is CC.COC.CO[C@H]1CC(c2ccccc2)OC1/C=C/P(O)OC. The van der Waals surface area contributed by atoms with Gasteiger partial charge in [0.15, 0.2) is 8.38 Å². The fourth-order valence-corrected chi connectivity index (χ4v) is 2.62. The van der Waals surface area contributed by atoms with E-state index in [1.54, 1.807) is 27.1 Å². The molecule has 1 N–H and O–H groups in total. The predicted molar refractivity (Wildman–Crippen MR) is 99.0 cm³/mol. The van der Waals surface area contributed by atoms with Gasteiger partial charge in [-0.05, 0) is 17.5 Å². The third kappa shape index (κ3) is 8.34. The lowest BCUT2D eigenvalue weighted by atomic mass is 10.0. The van der Waals surface area contributed by atoms with Crippen molar-refractivity contribution in [2.24, 2.45) is 0 Å². The Bertz CT molecular complexity index is 427. The molecule has 4 atom stereocenters. The second-order valence-corrected chi connectivity index (χ2v) is 6.01. The number of hydrogen-bond acceptors (Lipinski definition) is 5. The van der Waals surface area contributed by atoms with E-state index in [2.05, 4.69) is 16.9 Å². The summed E-state index contributed by atoms with van der Waals surface area (Å²) in [6.07, 6.45) is 2.52. The van der Waals surface area contributed by atoms with E-state index in [-0.39, 0.29) is 18.3 Å². The Hall–Kier alpha value is -0.810. The van der Waals surface area contributed by atoms with Gasteiger partial charge in [0, 0.05) is 34.9 Å². The second kappa shape index (κ2) is 14.5. The average Bonchev–Trinajstić information content (AvgIpc) is 3.06. The second-order valence-electron chi connectivity index (χ2n) is 4.74. The fourth-order valence-electron chi connectivity index (χ4n) is 2.18. The summed E-state index contributed by atoms with van der Waals surface area (Å²) in [5.74, 6) is 1.64. The monoisotopic (exact) mass is 358 g/mol. The van der Waals surface area contributed by atoms with Crippen molar-refractivity contribution in [3.05, 3.63) is 47.8 Å². The maximum Gasteiger partial charge on any atom is 0.194 e. The fraction of sp³-hybridized carbons (Fsp3) is 0.556. The highest BCUT2D eigenvalue weighted by Crippen LogP contribution is 2.37. The Balaban J connectivity index is 0.000000952. The van der Waals surface area contributed by atoms with Crippen molar-refractivity contribution in [1.82, 2.24) is 0 Å². The van der Waals surface area contributed by atoms with Crippen LogP contribution < -0.4 is 0 Å². The van der Waals surface area contributed by atoms with E-state index < -0.39 is 8.38 Å². The zero-order chi connectivity index (χ0) is 18.4. The molecule has 0 bridgehead atoms. The summed E-state index contributed by atoms with van der Waals surface area (Å²) >= 11 is 0. The van der Waals surface area contributed by atoms with Gasteiger partial charge >= 0.3 is 0 Å². The van der Waals surface area contributed by atoms with Crippen LogP contribution in [0.5, 0.6) is 0 Å². The molecule has 0 aromatic heterocycles. The molecule has 24 heavy (non-hydrogen) atoms. The Morgan fingerprint density at radius 1 is 1.12 bits per heavy atom. The highest BCUT2D eigenvalue weighted by atomic mass is 31.2. The number of methoxy groups -OCH3 is 2. The molecule has 3 unspecified atom stereocenters. The molecule has 138 valence electrons. The van der Waals surface area contributed by atoms with Gasteiger partial charge in [0.2, 0.25) is 0 Å². The number of benzene rings is 1. The summed E-state index contributed by atoms with van der Waals surface area (Å²) < 4.78 is 20.5. The molecule has 1 aromatic carbocycles. The van der Waals surface area contributed by atoms with Gasteiger partial charge in [-0.3, -0.25) is 0 Å². The minimum atomic E-state index is -1.50. The molecule has 1 fully saturated rings. The first-order valence-corrected chi connectivity index (χ1v) is 9.28. The highest BCUT2D eigenvalue weighted by molar-refractivity contribution is 7.49. The molecular weight excluding hydrogens is 327 g/mol. The van der Waals surface area contributed by atoms with Gasteiger partial charge in [0.1, 0.15) is 6.10 Å². The van der Waals surface area contributed by atoms with Crippen LogP contribution in [0.4, 0.5) is 0 Å². The lowest BCUT2D eigenvalue weighted by molar-refractivity contribution is 0.0220. The molecule has 5 nitrogen and oxygen atoms in total. The summed E-state index contributed by atoms with van der Waals surface area (Å²) in [5.41, 5.74) is 1.15. The first-order valence-electron chi connectivity index (χ1n) is 8.00. The number of hydrogen-bond donors (Lipinski definition) is 1. The lowest BCUT2D eigenvalue weighted by Crippen LogP contribution is -2.20. The topological polar surface area (TPSA) is 57.2 Å². The van der Waals surface area contributed by atoms with Crippen LogP contribution in [0, 0.1) is 0 Å². The zero-order valence-electron chi connectivity index (χ0n) is 15.5. The first-order chi connectivity index (χ1) is 11.7. The largest absolute Gasteiger partial charge is 0.388 e. The lowest BCUT2D eigenvalue weighted by Gasteiger charge is -2.13. The maximum atomic E-state index is 9.42. The predicted octanol–water partition coefficient (Wildman–Crippen LogP) is 4.28. The molecule has 0 aliphatic carbocycles. The Kier molecular flexibility index (Phi) is 14.0.